The highest BCUT2D eigenvalue weighted by Gasteiger charge is 2.22. The third-order valence-electron chi connectivity index (χ3n) is 2.02. The van der Waals surface area contributed by atoms with Crippen LogP contribution in [0.1, 0.15) is 5.56 Å². The molecule has 0 fully saturated rings. The van der Waals surface area contributed by atoms with Crippen molar-refractivity contribution < 1.29 is 17.1 Å². The number of diazo groups is 1. The van der Waals surface area contributed by atoms with Crippen molar-refractivity contribution in [2.45, 2.75) is 6.42 Å². The molecule has 0 aliphatic heterocycles. The van der Waals surface area contributed by atoms with Gasteiger partial charge in [-0.3, -0.25) is 0 Å². The van der Waals surface area contributed by atoms with E-state index >= 15 is 0 Å². The Morgan fingerprint density at radius 3 is 2.69 bits per heavy atom. The summed E-state index contributed by atoms with van der Waals surface area (Å²) in [6, 6.07) is 1.55. The Morgan fingerprint density at radius 1 is 1.62 bits per heavy atom. The molecule has 0 heterocycles. The predicted octanol–water partition coefficient (Wildman–Crippen LogP) is 0.357. The largest absolute Gasteiger partial charge is 1.00 e. The zero-order chi connectivity index (χ0) is 11.4. The van der Waals surface area contributed by atoms with E-state index in [4.69, 9.17) is 27.5 Å². The first kappa shape index (κ1) is 15.3. The number of hydrogen-bond acceptors (Lipinski definition) is 3. The van der Waals surface area contributed by atoms with Crippen LogP contribution in [0.25, 0.3) is 4.98 Å². The highest BCUT2D eigenvalue weighted by molar-refractivity contribution is 9.09. The first-order chi connectivity index (χ1) is 7.15. The molecule has 1 aromatic carbocycles. The van der Waals surface area contributed by atoms with Gasteiger partial charge < -0.3 is 22.9 Å². The molecule has 0 radical (unpaired) electrons. The van der Waals surface area contributed by atoms with Gasteiger partial charge in [0.2, 0.25) is 5.39 Å². The van der Waals surface area contributed by atoms with Gasteiger partial charge in [-0.2, -0.15) is 0 Å². The fourth-order valence-electron chi connectivity index (χ4n) is 1.29. The van der Waals surface area contributed by atoms with E-state index in [2.05, 4.69) is 20.9 Å². The molecule has 0 unspecified atom stereocenters. The average molecular weight is 327 g/mol. The Kier molecular flexibility index (Phi) is 6.49. The molecule has 16 heavy (non-hydrogen) atoms. The lowest BCUT2D eigenvalue weighted by Crippen LogP contribution is -3.00. The van der Waals surface area contributed by atoms with Crippen LogP contribution in [-0.4, -0.2) is 12.4 Å². The number of rotatable bonds is 3. The Labute approximate surface area is 113 Å². The van der Waals surface area contributed by atoms with Crippen molar-refractivity contribution in [1.29, 1.82) is 5.39 Å². The van der Waals surface area contributed by atoms with E-state index in [1.807, 2.05) is 0 Å². The summed E-state index contributed by atoms with van der Waals surface area (Å²) in [5.41, 5.74) is 7.23. The summed E-state index contributed by atoms with van der Waals surface area (Å²) >= 11 is 9.23. The second-order valence-electron chi connectivity index (χ2n) is 2.84. The van der Waals surface area contributed by atoms with E-state index in [1.165, 1.54) is 7.11 Å². The minimum atomic E-state index is 0. The van der Waals surface area contributed by atoms with Crippen LogP contribution in [0.4, 0.5) is 11.4 Å². The molecule has 1 rings (SSSR count). The minimum Gasteiger partial charge on any atom is -1.00 e. The number of methoxy groups -OCH3 is 1. The van der Waals surface area contributed by atoms with Crippen molar-refractivity contribution in [2.75, 3.05) is 18.2 Å². The second-order valence-corrected chi connectivity index (χ2v) is 4.01. The molecule has 1 aromatic rings. The van der Waals surface area contributed by atoms with Crippen molar-refractivity contribution in [3.8, 4) is 5.75 Å². The molecule has 0 saturated heterocycles. The highest BCUT2D eigenvalue weighted by atomic mass is 79.9. The standard InChI is InChI=1S/C9H10BrClN3O.ClH/c1-15-7-4-6(14-13)8(11)9(12)5(7)2-3-10;/h4H,2-3,12H2,1H3;1H/q+1;/p-1. The zero-order valence-corrected chi connectivity index (χ0v) is 11.6. The molecule has 0 aromatic heterocycles. The monoisotopic (exact) mass is 325 g/mol. The first-order valence-corrected chi connectivity index (χ1v) is 5.71. The molecule has 0 saturated carbocycles. The van der Waals surface area contributed by atoms with Gasteiger partial charge >= 0.3 is 5.69 Å². The molecule has 2 N–H and O–H groups in total. The van der Waals surface area contributed by atoms with Crippen LogP contribution in [0.3, 0.4) is 0 Å². The predicted molar refractivity (Wildman–Crippen MR) is 64.7 cm³/mol. The molecule has 7 heteroatoms. The maximum absolute atomic E-state index is 8.70. The maximum Gasteiger partial charge on any atom is 0.409 e. The maximum atomic E-state index is 8.70. The summed E-state index contributed by atoms with van der Waals surface area (Å²) in [6.45, 7) is 0. The molecule has 0 aliphatic carbocycles. The van der Waals surface area contributed by atoms with Gasteiger partial charge in [0.1, 0.15) is 5.75 Å². The van der Waals surface area contributed by atoms with E-state index in [0.717, 1.165) is 10.9 Å². The normalized spacial score (nSPS) is 9.12. The van der Waals surface area contributed by atoms with Crippen LogP contribution >= 0.6 is 27.5 Å². The van der Waals surface area contributed by atoms with E-state index in [1.54, 1.807) is 6.07 Å². The van der Waals surface area contributed by atoms with Gasteiger partial charge in [0.25, 0.3) is 0 Å². The lowest BCUT2D eigenvalue weighted by atomic mass is 10.1. The third-order valence-corrected chi connectivity index (χ3v) is 2.82. The van der Waals surface area contributed by atoms with Crippen molar-refractivity contribution in [1.82, 2.24) is 0 Å². The molecule has 0 atom stereocenters. The summed E-state index contributed by atoms with van der Waals surface area (Å²) in [5, 5.41) is 9.70. The topological polar surface area (TPSA) is 63.4 Å². The van der Waals surface area contributed by atoms with E-state index in [-0.39, 0.29) is 23.1 Å². The van der Waals surface area contributed by atoms with E-state index in [0.29, 0.717) is 17.9 Å². The average Bonchev–Trinajstić information content (AvgIpc) is 2.25. The number of nitrogens with zero attached hydrogens (tertiary/aromatic N) is 2. The molecule has 4 nitrogen and oxygen atoms in total. The minimum absolute atomic E-state index is 0. The lowest BCUT2D eigenvalue weighted by Gasteiger charge is -2.09. The summed E-state index contributed by atoms with van der Waals surface area (Å²) in [5.74, 6) is 0.573. The fraction of sp³-hybridized carbons (Fsp3) is 0.333. The van der Waals surface area contributed by atoms with Gasteiger partial charge in [-0.25, -0.2) is 0 Å². The summed E-state index contributed by atoms with van der Waals surface area (Å²) in [7, 11) is 1.53. The number of nitrogens with two attached hydrogens (primary N) is 1. The molecule has 0 spiro atoms. The molecular weight excluding hydrogens is 317 g/mol. The van der Waals surface area contributed by atoms with Gasteiger partial charge in [0, 0.05) is 10.9 Å². The van der Waals surface area contributed by atoms with Crippen LogP contribution in [0.2, 0.25) is 5.02 Å². The summed E-state index contributed by atoms with van der Waals surface area (Å²) < 4.78 is 5.15. The van der Waals surface area contributed by atoms with Crippen molar-refractivity contribution in [3.63, 3.8) is 0 Å². The van der Waals surface area contributed by atoms with Crippen LogP contribution in [0.5, 0.6) is 5.75 Å². The summed E-state index contributed by atoms with van der Waals surface area (Å²) in [4.78, 5) is 3.04. The first-order valence-electron chi connectivity index (χ1n) is 4.21. The van der Waals surface area contributed by atoms with Crippen LogP contribution in [0.15, 0.2) is 6.07 Å². The number of nitrogen functional groups attached to an aromatic ring is 1. The van der Waals surface area contributed by atoms with Crippen LogP contribution in [-0.2, 0) is 6.42 Å². The Hall–Kier alpha value is -0.700. The smallest absolute Gasteiger partial charge is 0.409 e. The number of benzene rings is 1. The quantitative estimate of drug-likeness (QED) is 0.495. The Balaban J connectivity index is 0.00000225. The Bertz CT molecular complexity index is 420. The fourth-order valence-corrected chi connectivity index (χ4v) is 1.89. The second kappa shape index (κ2) is 6.79. The van der Waals surface area contributed by atoms with Crippen LogP contribution in [0, 0.1) is 5.39 Å². The van der Waals surface area contributed by atoms with E-state index in [9.17, 15) is 0 Å². The highest BCUT2D eigenvalue weighted by Crippen LogP contribution is 2.39. The number of halogens is 3. The third kappa shape index (κ3) is 2.91. The Morgan fingerprint density at radius 2 is 2.25 bits per heavy atom. The zero-order valence-electron chi connectivity index (χ0n) is 8.51. The molecular formula is C9H10BrCl2N3O. The lowest BCUT2D eigenvalue weighted by molar-refractivity contribution is -0.00000344. The number of anilines is 1. The van der Waals surface area contributed by atoms with Gasteiger partial charge in [-0.1, -0.05) is 27.5 Å². The van der Waals surface area contributed by atoms with Gasteiger partial charge in [0.05, 0.1) is 18.9 Å². The molecule has 0 bridgehead atoms. The molecule has 0 amide bonds. The number of hydrogen-bond donors (Lipinski definition) is 1. The van der Waals surface area contributed by atoms with Gasteiger partial charge in [-0.15, -0.1) is 0 Å². The SMILES string of the molecule is COc1cc([N+]#N)c(Cl)c(N)c1CCBr.[Cl-]. The molecule has 0 aliphatic rings. The van der Waals surface area contributed by atoms with Crippen molar-refractivity contribution in [3.05, 3.63) is 21.6 Å². The number of ether oxygens (including phenoxy) is 1. The number of alkyl halides is 1. The van der Waals surface area contributed by atoms with Crippen molar-refractivity contribution in [2.24, 2.45) is 0 Å². The summed E-state index contributed by atoms with van der Waals surface area (Å²) in [6.07, 6.45) is 0.695. The molecule has 88 valence electrons. The van der Waals surface area contributed by atoms with Gasteiger partial charge in [-0.05, 0) is 6.42 Å². The van der Waals surface area contributed by atoms with Crippen molar-refractivity contribution >= 4 is 38.9 Å². The van der Waals surface area contributed by atoms with E-state index < -0.39 is 0 Å². The van der Waals surface area contributed by atoms with Crippen LogP contribution < -0.4 is 22.9 Å². The van der Waals surface area contributed by atoms with Gasteiger partial charge in [0.15, 0.2) is 10.00 Å².